The normalized spacial score (nSPS) is 8.36. The summed E-state index contributed by atoms with van der Waals surface area (Å²) < 4.78 is 0. The van der Waals surface area contributed by atoms with E-state index >= 15 is 0 Å². The van der Waals surface area contributed by atoms with Gasteiger partial charge in [-0.1, -0.05) is 24.3 Å². The van der Waals surface area contributed by atoms with Gasteiger partial charge in [0.2, 0.25) is 0 Å². The molecule has 0 aliphatic heterocycles. The van der Waals surface area contributed by atoms with Gasteiger partial charge < -0.3 is 6.53 Å². The van der Waals surface area contributed by atoms with E-state index in [0.717, 1.165) is 12.0 Å². The molecule has 1 rings (SSSR count). The first kappa shape index (κ1) is 11.4. The number of aromatic hydroxyl groups is 1. The predicted molar refractivity (Wildman–Crippen MR) is 43.1 cm³/mol. The van der Waals surface area contributed by atoms with Crippen LogP contribution in [0, 0.1) is 0 Å². The molecular formula is C9H11KO. The van der Waals surface area contributed by atoms with Crippen molar-refractivity contribution < 1.29 is 57.9 Å². The Morgan fingerprint density at radius 2 is 2.09 bits per heavy atom. The van der Waals surface area contributed by atoms with Crippen molar-refractivity contribution in [1.29, 1.82) is 0 Å². The predicted octanol–water partition coefficient (Wildman–Crippen LogP) is -0.763. The number of phenols is 1. The van der Waals surface area contributed by atoms with Crippen molar-refractivity contribution in [1.82, 2.24) is 0 Å². The van der Waals surface area contributed by atoms with Crippen LogP contribution in [0.3, 0.4) is 0 Å². The van der Waals surface area contributed by atoms with E-state index in [1.807, 2.05) is 18.2 Å². The summed E-state index contributed by atoms with van der Waals surface area (Å²) in [6, 6.07) is 7.27. The maximum absolute atomic E-state index is 9.19. The summed E-state index contributed by atoms with van der Waals surface area (Å²) in [5.41, 5.74) is 0.928. The molecule has 0 amide bonds. The van der Waals surface area contributed by atoms with Crippen LogP contribution in [0.25, 0.3) is 0 Å². The molecule has 2 heteroatoms. The molecular weight excluding hydrogens is 163 g/mol. The maximum atomic E-state index is 9.19. The Morgan fingerprint density at radius 1 is 1.45 bits per heavy atom. The van der Waals surface area contributed by atoms with Crippen LogP contribution in [0.15, 0.2) is 36.9 Å². The zero-order chi connectivity index (χ0) is 7.40. The molecule has 1 nitrogen and oxygen atoms in total. The Bertz CT molecular complexity index is 238. The zero-order valence-electron chi connectivity index (χ0n) is 7.75. The molecule has 11 heavy (non-hydrogen) atoms. The summed E-state index contributed by atoms with van der Waals surface area (Å²) >= 11 is 0. The van der Waals surface area contributed by atoms with Crippen LogP contribution in [0.4, 0.5) is 0 Å². The Labute approximate surface area is 111 Å². The van der Waals surface area contributed by atoms with E-state index in [0.29, 0.717) is 5.75 Å². The van der Waals surface area contributed by atoms with Crippen LogP contribution in [0.5, 0.6) is 5.75 Å². The average molecular weight is 174 g/mol. The summed E-state index contributed by atoms with van der Waals surface area (Å²) in [5, 5.41) is 9.19. The molecule has 0 aliphatic rings. The van der Waals surface area contributed by atoms with E-state index in [9.17, 15) is 5.11 Å². The first-order chi connectivity index (χ1) is 4.84. The van der Waals surface area contributed by atoms with Crippen molar-refractivity contribution in [2.45, 2.75) is 6.42 Å². The third-order valence-electron chi connectivity index (χ3n) is 1.36. The average Bonchev–Trinajstić information content (AvgIpc) is 1.94. The van der Waals surface area contributed by atoms with Gasteiger partial charge in [-0.25, -0.2) is 0 Å². The second-order valence-electron chi connectivity index (χ2n) is 2.12. The molecule has 0 fully saturated rings. The zero-order valence-corrected chi connectivity index (χ0v) is 9.87. The maximum Gasteiger partial charge on any atom is 1.00 e. The van der Waals surface area contributed by atoms with E-state index in [2.05, 4.69) is 6.58 Å². The summed E-state index contributed by atoms with van der Waals surface area (Å²) in [6.07, 6.45) is 2.50. The standard InChI is InChI=1S/C9H10O.K.H/c1-2-5-8-6-3-4-7-9(8)10;;/h2-4,6-7,10H,1,5H2;;/q;+1;-1. The van der Waals surface area contributed by atoms with Crippen molar-refractivity contribution in [2.75, 3.05) is 0 Å². The van der Waals surface area contributed by atoms with Gasteiger partial charge in [0.25, 0.3) is 0 Å². The van der Waals surface area contributed by atoms with Gasteiger partial charge in [-0.3, -0.25) is 0 Å². The third-order valence-corrected chi connectivity index (χ3v) is 1.36. The van der Waals surface area contributed by atoms with Crippen LogP contribution in [-0.4, -0.2) is 5.11 Å². The monoisotopic (exact) mass is 174 g/mol. The fraction of sp³-hybridized carbons (Fsp3) is 0.111. The number of phenolic OH excluding ortho intramolecular Hbond substituents is 1. The molecule has 0 aliphatic carbocycles. The Hall–Kier alpha value is 0.396. The third kappa shape index (κ3) is 3.54. The quantitative estimate of drug-likeness (QED) is 0.461. The molecule has 0 saturated carbocycles. The van der Waals surface area contributed by atoms with E-state index in [1.54, 1.807) is 12.1 Å². The minimum Gasteiger partial charge on any atom is -1.00 e. The second kappa shape index (κ2) is 5.97. The summed E-state index contributed by atoms with van der Waals surface area (Å²) in [6.45, 7) is 3.59. The number of rotatable bonds is 2. The van der Waals surface area contributed by atoms with Gasteiger partial charge in [-0.05, 0) is 18.1 Å². The van der Waals surface area contributed by atoms with Gasteiger partial charge in [-0.15, -0.1) is 6.58 Å². The largest absolute Gasteiger partial charge is 1.00 e. The van der Waals surface area contributed by atoms with Gasteiger partial charge in [0.15, 0.2) is 0 Å². The molecule has 0 saturated heterocycles. The van der Waals surface area contributed by atoms with Crippen molar-refractivity contribution in [2.24, 2.45) is 0 Å². The number of hydrogen-bond donors (Lipinski definition) is 1. The van der Waals surface area contributed by atoms with E-state index in [4.69, 9.17) is 0 Å². The molecule has 0 atom stereocenters. The van der Waals surface area contributed by atoms with Crippen molar-refractivity contribution in [3.8, 4) is 5.75 Å². The Balaban J connectivity index is 0. The molecule has 54 valence electrons. The molecule has 1 aromatic rings. The van der Waals surface area contributed by atoms with Crippen LogP contribution >= 0.6 is 0 Å². The van der Waals surface area contributed by atoms with E-state index in [1.165, 1.54) is 0 Å². The van der Waals surface area contributed by atoms with Crippen LogP contribution in [0.1, 0.15) is 6.99 Å². The number of benzene rings is 1. The van der Waals surface area contributed by atoms with Crippen LogP contribution in [-0.2, 0) is 6.42 Å². The molecule has 0 radical (unpaired) electrons. The smallest absolute Gasteiger partial charge is 1.00 e. The molecule has 0 bridgehead atoms. The van der Waals surface area contributed by atoms with Gasteiger partial charge in [0, 0.05) is 0 Å². The second-order valence-corrected chi connectivity index (χ2v) is 2.12. The number of allylic oxidation sites excluding steroid dienone is 1. The van der Waals surface area contributed by atoms with Crippen molar-refractivity contribution in [3.63, 3.8) is 0 Å². The van der Waals surface area contributed by atoms with Crippen molar-refractivity contribution >= 4 is 0 Å². The van der Waals surface area contributed by atoms with Gasteiger partial charge in [0.05, 0.1) is 0 Å². The summed E-state index contributed by atoms with van der Waals surface area (Å²) in [5.74, 6) is 0.349. The first-order valence-electron chi connectivity index (χ1n) is 3.22. The van der Waals surface area contributed by atoms with E-state index in [-0.39, 0.29) is 52.8 Å². The summed E-state index contributed by atoms with van der Waals surface area (Å²) in [7, 11) is 0. The van der Waals surface area contributed by atoms with Crippen molar-refractivity contribution in [3.05, 3.63) is 42.5 Å². The molecule has 0 unspecified atom stereocenters. The van der Waals surface area contributed by atoms with Gasteiger partial charge >= 0.3 is 51.4 Å². The van der Waals surface area contributed by atoms with E-state index < -0.39 is 0 Å². The van der Waals surface area contributed by atoms with Gasteiger partial charge in [-0.2, -0.15) is 0 Å². The van der Waals surface area contributed by atoms with Crippen LogP contribution < -0.4 is 51.4 Å². The van der Waals surface area contributed by atoms with Crippen LogP contribution in [0.2, 0.25) is 0 Å². The molecule has 0 heterocycles. The fourth-order valence-corrected chi connectivity index (χ4v) is 0.839. The van der Waals surface area contributed by atoms with Gasteiger partial charge in [0.1, 0.15) is 5.75 Å². The topological polar surface area (TPSA) is 20.2 Å². The Kier molecular flexibility index (Phi) is 6.19. The fourth-order valence-electron chi connectivity index (χ4n) is 0.839. The first-order valence-corrected chi connectivity index (χ1v) is 3.22. The number of hydrogen-bond acceptors (Lipinski definition) is 1. The minimum atomic E-state index is 0. The minimum absolute atomic E-state index is 0. The molecule has 1 N–H and O–H groups in total. The molecule has 0 aromatic heterocycles. The SMILES string of the molecule is C=CCc1ccccc1O.[H-].[K+]. The Morgan fingerprint density at radius 3 is 2.64 bits per heavy atom. The molecule has 1 aromatic carbocycles. The molecule has 0 spiro atoms. The number of para-hydroxylation sites is 1. The summed E-state index contributed by atoms with van der Waals surface area (Å²) in [4.78, 5) is 0.